The number of hydrogen-bond donors (Lipinski definition) is 1. The summed E-state index contributed by atoms with van der Waals surface area (Å²) in [6.45, 7) is 0. The van der Waals surface area contributed by atoms with Crippen molar-refractivity contribution in [3.05, 3.63) is 90.7 Å². The zero-order chi connectivity index (χ0) is 21.6. The number of carbonyl (C=O) groups is 1. The normalized spacial score (nSPS) is 11.6. The van der Waals surface area contributed by atoms with Gasteiger partial charge in [-0.2, -0.15) is 8.42 Å². The molecule has 0 bridgehead atoms. The van der Waals surface area contributed by atoms with E-state index in [0.29, 0.717) is 5.56 Å². The highest BCUT2D eigenvalue weighted by Crippen LogP contribution is 2.32. The zero-order valence-electron chi connectivity index (χ0n) is 15.9. The van der Waals surface area contributed by atoms with Gasteiger partial charge in [0.15, 0.2) is 0 Å². The summed E-state index contributed by atoms with van der Waals surface area (Å²) in [5.41, 5.74) is 0.210. The van der Waals surface area contributed by atoms with Crippen molar-refractivity contribution in [1.82, 2.24) is 0 Å². The standard InChI is InChI=1S/C22H18O7S/c1-27-15-20(22(23)24)19-12-5-6-13-21(19)28-16-8-7-9-17(14-16)29-30(25,26)18-10-3-2-4-11-18/h2-15H,1H3,(H,23,24)/b20-15+. The van der Waals surface area contributed by atoms with E-state index < -0.39 is 16.1 Å². The van der Waals surface area contributed by atoms with Crippen LogP contribution < -0.4 is 8.92 Å². The first-order valence-electron chi connectivity index (χ1n) is 8.74. The first kappa shape index (κ1) is 20.9. The summed E-state index contributed by atoms with van der Waals surface area (Å²) in [5, 5.41) is 9.44. The first-order valence-corrected chi connectivity index (χ1v) is 10.1. The lowest BCUT2D eigenvalue weighted by molar-refractivity contribution is -0.130. The minimum absolute atomic E-state index is 0.0254. The van der Waals surface area contributed by atoms with Crippen LogP contribution in [0, 0.1) is 0 Å². The van der Waals surface area contributed by atoms with Gasteiger partial charge in [-0.05, 0) is 30.3 Å². The number of rotatable bonds is 8. The Morgan fingerprint density at radius 1 is 0.900 bits per heavy atom. The molecular formula is C22H18O7S. The van der Waals surface area contributed by atoms with Gasteiger partial charge in [0.05, 0.1) is 13.4 Å². The van der Waals surface area contributed by atoms with Crippen LogP contribution in [0.15, 0.2) is 90.0 Å². The van der Waals surface area contributed by atoms with E-state index in [-0.39, 0.29) is 27.7 Å². The number of carboxylic acid groups (broad SMARTS) is 1. The Kier molecular flexibility index (Phi) is 6.38. The van der Waals surface area contributed by atoms with Crippen molar-refractivity contribution in [2.45, 2.75) is 4.90 Å². The van der Waals surface area contributed by atoms with Gasteiger partial charge in [0, 0.05) is 11.6 Å². The molecule has 0 aliphatic carbocycles. The van der Waals surface area contributed by atoms with Crippen LogP contribution in [0.2, 0.25) is 0 Å². The van der Waals surface area contributed by atoms with Crippen molar-refractivity contribution in [3.63, 3.8) is 0 Å². The lowest BCUT2D eigenvalue weighted by Gasteiger charge is -2.13. The van der Waals surface area contributed by atoms with Crippen molar-refractivity contribution in [2.75, 3.05) is 7.11 Å². The van der Waals surface area contributed by atoms with Crippen LogP contribution in [0.1, 0.15) is 5.56 Å². The van der Waals surface area contributed by atoms with Crippen LogP contribution in [0.3, 0.4) is 0 Å². The predicted molar refractivity (Wildman–Crippen MR) is 110 cm³/mol. The molecule has 30 heavy (non-hydrogen) atoms. The maximum absolute atomic E-state index is 12.4. The number of carboxylic acids is 1. The minimum atomic E-state index is -4.00. The number of aliphatic carboxylic acids is 1. The molecule has 154 valence electrons. The third kappa shape index (κ3) is 4.98. The highest BCUT2D eigenvalue weighted by atomic mass is 32.2. The van der Waals surface area contributed by atoms with Crippen molar-refractivity contribution in [1.29, 1.82) is 0 Å². The molecule has 0 amide bonds. The first-order chi connectivity index (χ1) is 14.4. The quantitative estimate of drug-likeness (QED) is 0.325. The number of ether oxygens (including phenoxy) is 2. The molecule has 0 saturated heterocycles. The minimum Gasteiger partial charge on any atom is -0.503 e. The predicted octanol–water partition coefficient (Wildman–Crippen LogP) is 4.32. The monoisotopic (exact) mass is 426 g/mol. The van der Waals surface area contributed by atoms with Crippen molar-refractivity contribution in [2.24, 2.45) is 0 Å². The van der Waals surface area contributed by atoms with Gasteiger partial charge in [-0.1, -0.05) is 42.5 Å². The van der Waals surface area contributed by atoms with E-state index in [1.165, 1.54) is 31.4 Å². The fraction of sp³-hybridized carbons (Fsp3) is 0.0455. The molecule has 3 aromatic carbocycles. The van der Waals surface area contributed by atoms with E-state index in [0.717, 1.165) is 6.26 Å². The summed E-state index contributed by atoms with van der Waals surface area (Å²) < 4.78 is 40.7. The average molecular weight is 426 g/mol. The Morgan fingerprint density at radius 2 is 1.57 bits per heavy atom. The van der Waals surface area contributed by atoms with Gasteiger partial charge in [-0.3, -0.25) is 0 Å². The Bertz CT molecular complexity index is 1170. The molecule has 3 rings (SSSR count). The molecule has 0 aromatic heterocycles. The summed E-state index contributed by atoms with van der Waals surface area (Å²) in [4.78, 5) is 11.6. The molecule has 0 aliphatic heterocycles. The second-order valence-electron chi connectivity index (χ2n) is 6.00. The Balaban J connectivity index is 1.88. The fourth-order valence-electron chi connectivity index (χ4n) is 2.60. The molecule has 8 heteroatoms. The van der Waals surface area contributed by atoms with Crippen LogP contribution in [0.4, 0.5) is 0 Å². The molecule has 0 saturated carbocycles. The van der Waals surface area contributed by atoms with Gasteiger partial charge >= 0.3 is 16.1 Å². The van der Waals surface area contributed by atoms with Gasteiger partial charge in [-0.15, -0.1) is 0 Å². The molecule has 1 N–H and O–H groups in total. The lowest BCUT2D eigenvalue weighted by atomic mass is 10.1. The third-order valence-corrected chi connectivity index (χ3v) is 5.18. The number of hydrogen-bond acceptors (Lipinski definition) is 6. The maximum atomic E-state index is 12.4. The van der Waals surface area contributed by atoms with Crippen LogP contribution in [-0.2, 0) is 19.6 Å². The highest BCUT2D eigenvalue weighted by molar-refractivity contribution is 7.87. The summed E-state index contributed by atoms with van der Waals surface area (Å²) in [5.74, 6) is -0.602. The number of para-hydroxylation sites is 1. The van der Waals surface area contributed by atoms with Gasteiger partial charge < -0.3 is 18.8 Å². The Hall–Kier alpha value is -3.78. The van der Waals surface area contributed by atoms with Gasteiger partial charge in [-0.25, -0.2) is 4.79 Å². The molecule has 0 aliphatic rings. The topological polar surface area (TPSA) is 99.1 Å². The fourth-order valence-corrected chi connectivity index (χ4v) is 3.55. The van der Waals surface area contributed by atoms with E-state index in [9.17, 15) is 18.3 Å². The molecular weight excluding hydrogens is 408 g/mol. The highest BCUT2D eigenvalue weighted by Gasteiger charge is 2.18. The average Bonchev–Trinajstić information content (AvgIpc) is 2.73. The molecule has 7 nitrogen and oxygen atoms in total. The molecule has 0 spiro atoms. The largest absolute Gasteiger partial charge is 0.503 e. The van der Waals surface area contributed by atoms with E-state index in [1.807, 2.05) is 0 Å². The van der Waals surface area contributed by atoms with Crippen LogP contribution in [0.25, 0.3) is 5.57 Å². The van der Waals surface area contributed by atoms with Crippen LogP contribution in [0.5, 0.6) is 17.2 Å². The molecule has 0 fully saturated rings. The second kappa shape index (κ2) is 9.15. The lowest BCUT2D eigenvalue weighted by Crippen LogP contribution is -2.09. The van der Waals surface area contributed by atoms with Crippen molar-refractivity contribution < 1.29 is 32.0 Å². The molecule has 3 aromatic rings. The van der Waals surface area contributed by atoms with Crippen molar-refractivity contribution in [3.8, 4) is 17.2 Å². The maximum Gasteiger partial charge on any atom is 0.339 e. The Morgan fingerprint density at radius 3 is 2.27 bits per heavy atom. The number of benzene rings is 3. The molecule has 0 unspecified atom stereocenters. The SMILES string of the molecule is CO/C=C(/C(=O)O)c1ccccc1Oc1cccc(OS(=O)(=O)c2ccccc2)c1. The molecule has 0 heterocycles. The summed E-state index contributed by atoms with van der Waals surface area (Å²) in [7, 11) is -2.65. The smallest absolute Gasteiger partial charge is 0.339 e. The second-order valence-corrected chi connectivity index (χ2v) is 7.54. The van der Waals surface area contributed by atoms with Crippen molar-refractivity contribution >= 4 is 21.7 Å². The molecule has 0 atom stereocenters. The van der Waals surface area contributed by atoms with Gasteiger partial charge in [0.2, 0.25) is 0 Å². The van der Waals surface area contributed by atoms with E-state index >= 15 is 0 Å². The van der Waals surface area contributed by atoms with Gasteiger partial charge in [0.1, 0.15) is 27.7 Å². The molecule has 0 radical (unpaired) electrons. The number of methoxy groups -OCH3 is 1. The summed E-state index contributed by atoms with van der Waals surface area (Å²) in [6.07, 6.45) is 1.11. The van der Waals surface area contributed by atoms with E-state index in [4.69, 9.17) is 13.7 Å². The summed E-state index contributed by atoms with van der Waals surface area (Å²) in [6, 6.07) is 20.3. The van der Waals surface area contributed by atoms with E-state index in [2.05, 4.69) is 0 Å². The summed E-state index contributed by atoms with van der Waals surface area (Å²) >= 11 is 0. The third-order valence-electron chi connectivity index (χ3n) is 3.91. The zero-order valence-corrected chi connectivity index (χ0v) is 16.7. The van der Waals surface area contributed by atoms with E-state index in [1.54, 1.807) is 54.6 Å². The van der Waals surface area contributed by atoms with Gasteiger partial charge in [0.25, 0.3) is 0 Å². The Labute approximate surface area is 173 Å². The van der Waals surface area contributed by atoms with Crippen LogP contribution >= 0.6 is 0 Å². The van der Waals surface area contributed by atoms with Crippen LogP contribution in [-0.4, -0.2) is 26.6 Å².